The Hall–Kier alpha value is -1.06. The fraction of sp³-hybridized carbons (Fsp3) is 0.857. The molecule has 1 aliphatic carbocycles. The van der Waals surface area contributed by atoms with Crippen molar-refractivity contribution in [2.45, 2.75) is 40.0 Å². The molecule has 18 heavy (non-hydrogen) atoms. The normalized spacial score (nSPS) is 34.8. The smallest absolute Gasteiger partial charge is 0.307 e. The number of carboxylic acid groups (broad SMARTS) is 1. The SMILES string of the molecule is CC1CCN(C(=O)C2CCC2C(=O)O)CC1(C)C. The highest BCUT2D eigenvalue weighted by atomic mass is 16.4. The van der Waals surface area contributed by atoms with Crippen LogP contribution in [0.3, 0.4) is 0 Å². The van der Waals surface area contributed by atoms with Crippen molar-refractivity contribution in [3.05, 3.63) is 0 Å². The summed E-state index contributed by atoms with van der Waals surface area (Å²) in [4.78, 5) is 25.2. The first kappa shape index (κ1) is 13.4. The van der Waals surface area contributed by atoms with Gasteiger partial charge in [0.15, 0.2) is 0 Å². The topological polar surface area (TPSA) is 57.6 Å². The van der Waals surface area contributed by atoms with Crippen LogP contribution in [0.2, 0.25) is 0 Å². The summed E-state index contributed by atoms with van der Waals surface area (Å²) in [5.74, 6) is -0.859. The van der Waals surface area contributed by atoms with Gasteiger partial charge in [0, 0.05) is 13.1 Å². The first-order chi connectivity index (χ1) is 8.33. The molecule has 0 bridgehead atoms. The molecule has 2 aliphatic rings. The van der Waals surface area contributed by atoms with Crippen molar-refractivity contribution >= 4 is 11.9 Å². The summed E-state index contributed by atoms with van der Waals surface area (Å²) >= 11 is 0. The maximum atomic E-state index is 12.4. The fourth-order valence-electron chi connectivity index (χ4n) is 2.98. The van der Waals surface area contributed by atoms with Crippen LogP contribution < -0.4 is 0 Å². The number of piperidine rings is 1. The van der Waals surface area contributed by atoms with Crippen molar-refractivity contribution in [2.24, 2.45) is 23.2 Å². The zero-order valence-electron chi connectivity index (χ0n) is 11.5. The van der Waals surface area contributed by atoms with E-state index >= 15 is 0 Å². The van der Waals surface area contributed by atoms with Crippen LogP contribution in [0.5, 0.6) is 0 Å². The molecular formula is C14H23NO3. The lowest BCUT2D eigenvalue weighted by Gasteiger charge is -2.45. The summed E-state index contributed by atoms with van der Waals surface area (Å²) in [5.41, 5.74) is 0.135. The Labute approximate surface area is 108 Å². The van der Waals surface area contributed by atoms with E-state index in [0.717, 1.165) is 25.9 Å². The van der Waals surface area contributed by atoms with Gasteiger partial charge in [-0.25, -0.2) is 0 Å². The molecule has 1 saturated carbocycles. The largest absolute Gasteiger partial charge is 0.481 e. The first-order valence-corrected chi connectivity index (χ1v) is 6.84. The average molecular weight is 253 g/mol. The van der Waals surface area contributed by atoms with E-state index in [9.17, 15) is 9.59 Å². The quantitative estimate of drug-likeness (QED) is 0.818. The van der Waals surface area contributed by atoms with Crippen molar-refractivity contribution in [3.8, 4) is 0 Å². The molecule has 4 heteroatoms. The van der Waals surface area contributed by atoms with E-state index in [4.69, 9.17) is 5.11 Å². The Morgan fingerprint density at radius 1 is 1.17 bits per heavy atom. The predicted molar refractivity (Wildman–Crippen MR) is 68.0 cm³/mol. The Morgan fingerprint density at radius 3 is 2.22 bits per heavy atom. The van der Waals surface area contributed by atoms with Crippen LogP contribution in [0.1, 0.15) is 40.0 Å². The number of amides is 1. The molecule has 0 spiro atoms. The van der Waals surface area contributed by atoms with Crippen LogP contribution in [0, 0.1) is 23.2 Å². The van der Waals surface area contributed by atoms with Crippen LogP contribution in [0.4, 0.5) is 0 Å². The summed E-state index contributed by atoms with van der Waals surface area (Å²) in [6.45, 7) is 8.15. The van der Waals surface area contributed by atoms with E-state index in [0.29, 0.717) is 12.3 Å². The third-order valence-corrected chi connectivity index (χ3v) is 4.98. The maximum absolute atomic E-state index is 12.4. The number of likely N-dealkylation sites (tertiary alicyclic amines) is 1. The van der Waals surface area contributed by atoms with Crippen LogP contribution in [-0.2, 0) is 9.59 Å². The van der Waals surface area contributed by atoms with Crippen LogP contribution >= 0.6 is 0 Å². The predicted octanol–water partition coefficient (Wildman–Crippen LogP) is 1.99. The molecule has 0 radical (unpaired) electrons. The molecule has 0 aromatic carbocycles. The first-order valence-electron chi connectivity index (χ1n) is 6.84. The zero-order valence-corrected chi connectivity index (χ0v) is 11.5. The summed E-state index contributed by atoms with van der Waals surface area (Å²) in [6.07, 6.45) is 2.41. The maximum Gasteiger partial charge on any atom is 0.307 e. The van der Waals surface area contributed by atoms with E-state index < -0.39 is 11.9 Å². The van der Waals surface area contributed by atoms with Crippen LogP contribution in [0.15, 0.2) is 0 Å². The number of rotatable bonds is 2. The monoisotopic (exact) mass is 253 g/mol. The lowest BCUT2D eigenvalue weighted by atomic mass is 9.71. The van der Waals surface area contributed by atoms with Crippen molar-refractivity contribution in [1.29, 1.82) is 0 Å². The lowest BCUT2D eigenvalue weighted by molar-refractivity contribution is -0.158. The van der Waals surface area contributed by atoms with Gasteiger partial charge in [-0.1, -0.05) is 20.8 Å². The minimum Gasteiger partial charge on any atom is -0.481 e. The van der Waals surface area contributed by atoms with Gasteiger partial charge in [0.25, 0.3) is 0 Å². The molecule has 1 heterocycles. The minimum absolute atomic E-state index is 0.0635. The van der Waals surface area contributed by atoms with Gasteiger partial charge in [-0.3, -0.25) is 9.59 Å². The standard InChI is InChI=1S/C14H23NO3/c1-9-6-7-15(8-14(9,2)3)12(16)10-4-5-11(10)13(17)18/h9-11H,4-8H2,1-3H3,(H,17,18). The molecule has 1 N–H and O–H groups in total. The van der Waals surface area contributed by atoms with E-state index in [1.165, 1.54) is 0 Å². The van der Waals surface area contributed by atoms with Gasteiger partial charge in [-0.05, 0) is 30.6 Å². The molecule has 0 aromatic heterocycles. The van der Waals surface area contributed by atoms with E-state index in [-0.39, 0.29) is 17.2 Å². The molecule has 4 nitrogen and oxygen atoms in total. The highest BCUT2D eigenvalue weighted by Crippen LogP contribution is 2.39. The number of aliphatic carboxylic acids is 1. The molecule has 3 atom stereocenters. The minimum atomic E-state index is -0.816. The van der Waals surface area contributed by atoms with Gasteiger partial charge >= 0.3 is 5.97 Å². The van der Waals surface area contributed by atoms with Crippen molar-refractivity contribution in [3.63, 3.8) is 0 Å². The second kappa shape index (κ2) is 4.56. The molecule has 1 aliphatic heterocycles. The number of carbonyl (C=O) groups is 2. The third-order valence-electron chi connectivity index (χ3n) is 4.98. The lowest BCUT2D eigenvalue weighted by Crippen LogP contribution is -2.52. The molecule has 102 valence electrons. The highest BCUT2D eigenvalue weighted by Gasteiger charge is 2.45. The summed E-state index contributed by atoms with van der Waals surface area (Å²) in [5, 5.41) is 9.02. The molecule has 3 unspecified atom stereocenters. The van der Waals surface area contributed by atoms with E-state index in [1.54, 1.807) is 0 Å². The Morgan fingerprint density at radius 2 is 1.78 bits per heavy atom. The van der Waals surface area contributed by atoms with Gasteiger partial charge < -0.3 is 10.0 Å². The molecular weight excluding hydrogens is 230 g/mol. The summed E-state index contributed by atoms with van der Waals surface area (Å²) < 4.78 is 0. The molecule has 1 amide bonds. The van der Waals surface area contributed by atoms with Gasteiger partial charge in [0.1, 0.15) is 0 Å². The van der Waals surface area contributed by atoms with E-state index in [2.05, 4.69) is 20.8 Å². The molecule has 1 saturated heterocycles. The highest BCUT2D eigenvalue weighted by molar-refractivity contribution is 5.86. The zero-order chi connectivity index (χ0) is 13.5. The van der Waals surface area contributed by atoms with Crippen molar-refractivity contribution < 1.29 is 14.7 Å². The number of carboxylic acids is 1. The van der Waals surface area contributed by atoms with E-state index in [1.807, 2.05) is 4.90 Å². The second-order valence-electron chi connectivity index (χ2n) is 6.57. The number of carbonyl (C=O) groups excluding carboxylic acids is 1. The van der Waals surface area contributed by atoms with Crippen molar-refractivity contribution in [1.82, 2.24) is 4.90 Å². The average Bonchev–Trinajstić information content (AvgIpc) is 2.19. The van der Waals surface area contributed by atoms with Crippen molar-refractivity contribution in [2.75, 3.05) is 13.1 Å². The Bertz CT molecular complexity index is 364. The van der Waals surface area contributed by atoms with Gasteiger partial charge in [0.2, 0.25) is 5.91 Å². The van der Waals surface area contributed by atoms with Crippen LogP contribution in [0.25, 0.3) is 0 Å². The molecule has 0 aromatic rings. The fourth-order valence-corrected chi connectivity index (χ4v) is 2.98. The molecule has 2 fully saturated rings. The number of hydrogen-bond donors (Lipinski definition) is 1. The van der Waals surface area contributed by atoms with Gasteiger partial charge in [-0.2, -0.15) is 0 Å². The van der Waals surface area contributed by atoms with Gasteiger partial charge in [0.05, 0.1) is 11.8 Å². The summed E-state index contributed by atoms with van der Waals surface area (Å²) in [6, 6.07) is 0. The summed E-state index contributed by atoms with van der Waals surface area (Å²) in [7, 11) is 0. The molecule has 2 rings (SSSR count). The second-order valence-corrected chi connectivity index (χ2v) is 6.57. The number of nitrogens with zero attached hydrogens (tertiary/aromatic N) is 1. The number of hydrogen-bond acceptors (Lipinski definition) is 2. The Balaban J connectivity index is 2.00. The van der Waals surface area contributed by atoms with Crippen LogP contribution in [-0.4, -0.2) is 35.0 Å². The third kappa shape index (κ3) is 2.25. The van der Waals surface area contributed by atoms with Gasteiger partial charge in [-0.15, -0.1) is 0 Å². The Kier molecular flexibility index (Phi) is 3.39.